The molecule has 0 saturated carbocycles. The van der Waals surface area contributed by atoms with Crippen molar-refractivity contribution in [3.05, 3.63) is 76.9 Å². The van der Waals surface area contributed by atoms with Crippen LogP contribution in [0.5, 0.6) is 23.0 Å². The SMILES string of the molecule is CCOC(=O)C1=C(C)N=c2s/c(=C\c3ccc(OC)cc3OC)c(=O)n2[C@H]1c1cc(OC)c(OC)cc1Br. The molecule has 0 spiro atoms. The highest BCUT2D eigenvalue weighted by Gasteiger charge is 2.35. The monoisotopic (exact) mass is 602 g/mol. The normalized spacial score (nSPS) is 15.0. The summed E-state index contributed by atoms with van der Waals surface area (Å²) < 4.78 is 29.7. The van der Waals surface area contributed by atoms with Crippen molar-refractivity contribution in [1.29, 1.82) is 0 Å². The number of nitrogens with zero attached hydrogens (tertiary/aromatic N) is 2. The zero-order valence-corrected chi connectivity index (χ0v) is 24.2. The molecule has 0 radical (unpaired) electrons. The number of aromatic nitrogens is 1. The maximum atomic E-state index is 13.9. The van der Waals surface area contributed by atoms with Crippen LogP contribution in [0.2, 0.25) is 0 Å². The van der Waals surface area contributed by atoms with Crippen LogP contribution in [0.3, 0.4) is 0 Å². The standard InChI is InChI=1S/C27H27BrN2O7S/c1-7-37-26(32)23-14(2)29-27-30(24(23)17-12-20(35-5)21(36-6)13-18(17)28)25(31)22(38-27)10-15-8-9-16(33-3)11-19(15)34-4/h8-13,24H,7H2,1-6H3/b22-10-/t24-/m0/s1. The summed E-state index contributed by atoms with van der Waals surface area (Å²) in [5.41, 5.74) is 1.73. The predicted octanol–water partition coefficient (Wildman–Crippen LogP) is 3.60. The predicted molar refractivity (Wildman–Crippen MR) is 147 cm³/mol. The van der Waals surface area contributed by atoms with Crippen molar-refractivity contribution < 1.29 is 28.5 Å². The summed E-state index contributed by atoms with van der Waals surface area (Å²) in [6.07, 6.45) is 1.74. The van der Waals surface area contributed by atoms with E-state index >= 15 is 0 Å². The van der Waals surface area contributed by atoms with Crippen LogP contribution in [0.15, 0.2) is 55.9 Å². The molecule has 38 heavy (non-hydrogen) atoms. The van der Waals surface area contributed by atoms with Crippen LogP contribution in [0.1, 0.15) is 31.0 Å². The summed E-state index contributed by atoms with van der Waals surface area (Å²) in [6.45, 7) is 3.64. The summed E-state index contributed by atoms with van der Waals surface area (Å²) in [4.78, 5) is 32.2. The lowest BCUT2D eigenvalue weighted by molar-refractivity contribution is -0.139. The third-order valence-electron chi connectivity index (χ3n) is 6.04. The van der Waals surface area contributed by atoms with Gasteiger partial charge in [0.1, 0.15) is 11.5 Å². The number of carbonyl (C=O) groups excluding carboxylic acids is 1. The highest BCUT2D eigenvalue weighted by atomic mass is 79.9. The molecule has 0 fully saturated rings. The number of halogens is 1. The van der Waals surface area contributed by atoms with Crippen LogP contribution < -0.4 is 33.8 Å². The molecule has 0 N–H and O–H groups in total. The van der Waals surface area contributed by atoms with Crippen LogP contribution in [-0.2, 0) is 9.53 Å². The Morgan fingerprint density at radius 3 is 2.37 bits per heavy atom. The number of ether oxygens (including phenoxy) is 5. The van der Waals surface area contributed by atoms with Gasteiger partial charge in [-0.1, -0.05) is 27.3 Å². The number of esters is 1. The van der Waals surface area contributed by atoms with Gasteiger partial charge in [-0.3, -0.25) is 9.36 Å². The van der Waals surface area contributed by atoms with Gasteiger partial charge in [-0.15, -0.1) is 0 Å². The zero-order chi connectivity index (χ0) is 27.6. The topological polar surface area (TPSA) is 97.6 Å². The molecular formula is C27H27BrN2O7S. The van der Waals surface area contributed by atoms with E-state index in [9.17, 15) is 9.59 Å². The Bertz CT molecular complexity index is 1610. The van der Waals surface area contributed by atoms with Crippen LogP contribution in [0.25, 0.3) is 6.08 Å². The molecule has 4 rings (SSSR count). The summed E-state index contributed by atoms with van der Waals surface area (Å²) in [5, 5.41) is 0. The van der Waals surface area contributed by atoms with E-state index in [0.29, 0.717) is 53.6 Å². The zero-order valence-electron chi connectivity index (χ0n) is 21.8. The molecule has 2 aromatic carbocycles. The molecule has 0 amide bonds. The fraction of sp³-hybridized carbons (Fsp3) is 0.296. The van der Waals surface area contributed by atoms with E-state index in [0.717, 1.165) is 0 Å². The van der Waals surface area contributed by atoms with E-state index in [1.165, 1.54) is 30.1 Å². The van der Waals surface area contributed by atoms with Gasteiger partial charge in [-0.2, -0.15) is 0 Å². The van der Waals surface area contributed by atoms with E-state index in [-0.39, 0.29) is 17.7 Å². The van der Waals surface area contributed by atoms with Gasteiger partial charge in [0.2, 0.25) is 0 Å². The molecule has 1 aliphatic rings. The summed E-state index contributed by atoms with van der Waals surface area (Å²) in [7, 11) is 6.19. The van der Waals surface area contributed by atoms with Gasteiger partial charge in [0, 0.05) is 16.1 Å². The van der Waals surface area contributed by atoms with E-state index in [4.69, 9.17) is 23.7 Å². The van der Waals surface area contributed by atoms with Crippen molar-refractivity contribution in [2.24, 2.45) is 4.99 Å². The van der Waals surface area contributed by atoms with Crippen LogP contribution in [-0.4, -0.2) is 45.6 Å². The molecule has 11 heteroatoms. The quantitative estimate of drug-likeness (QED) is 0.363. The van der Waals surface area contributed by atoms with Gasteiger partial charge in [0.05, 0.1) is 56.9 Å². The maximum absolute atomic E-state index is 13.9. The second kappa shape index (κ2) is 11.4. The molecule has 200 valence electrons. The molecule has 2 heterocycles. The summed E-state index contributed by atoms with van der Waals surface area (Å²) >= 11 is 4.83. The smallest absolute Gasteiger partial charge is 0.338 e. The number of rotatable bonds is 8. The first-order valence-corrected chi connectivity index (χ1v) is 13.2. The highest BCUT2D eigenvalue weighted by Crippen LogP contribution is 2.40. The van der Waals surface area contributed by atoms with Crippen molar-refractivity contribution >= 4 is 39.3 Å². The fourth-order valence-electron chi connectivity index (χ4n) is 4.24. The average molecular weight is 603 g/mol. The Labute approximate surface area is 231 Å². The first-order chi connectivity index (χ1) is 18.3. The first-order valence-electron chi connectivity index (χ1n) is 11.6. The van der Waals surface area contributed by atoms with Crippen molar-refractivity contribution in [2.45, 2.75) is 19.9 Å². The second-order valence-electron chi connectivity index (χ2n) is 8.14. The van der Waals surface area contributed by atoms with Gasteiger partial charge < -0.3 is 23.7 Å². The number of carbonyl (C=O) groups is 1. The lowest BCUT2D eigenvalue weighted by atomic mass is 9.95. The number of hydrogen-bond donors (Lipinski definition) is 0. The van der Waals surface area contributed by atoms with Crippen molar-refractivity contribution in [1.82, 2.24) is 4.57 Å². The fourth-order valence-corrected chi connectivity index (χ4v) is 5.82. The number of hydrogen-bond acceptors (Lipinski definition) is 9. The van der Waals surface area contributed by atoms with E-state index in [2.05, 4.69) is 20.9 Å². The Balaban J connectivity index is 2.01. The lowest BCUT2D eigenvalue weighted by Gasteiger charge is -2.26. The van der Waals surface area contributed by atoms with Crippen molar-refractivity contribution in [3.63, 3.8) is 0 Å². The molecule has 3 aromatic rings. The number of fused-ring (bicyclic) bond motifs is 1. The van der Waals surface area contributed by atoms with Gasteiger partial charge in [0.15, 0.2) is 16.3 Å². The minimum absolute atomic E-state index is 0.178. The van der Waals surface area contributed by atoms with Gasteiger partial charge in [-0.25, -0.2) is 9.79 Å². The summed E-state index contributed by atoms with van der Waals surface area (Å²) in [6, 6.07) is 8.01. The van der Waals surface area contributed by atoms with Crippen LogP contribution in [0.4, 0.5) is 0 Å². The number of allylic oxidation sites excluding steroid dienone is 1. The molecule has 1 atom stereocenters. The Morgan fingerprint density at radius 2 is 1.74 bits per heavy atom. The number of methoxy groups -OCH3 is 4. The third kappa shape index (κ3) is 4.95. The first kappa shape index (κ1) is 27.5. The molecule has 9 nitrogen and oxygen atoms in total. The molecule has 0 saturated heterocycles. The third-order valence-corrected chi connectivity index (χ3v) is 7.71. The lowest BCUT2D eigenvalue weighted by Crippen LogP contribution is -2.40. The van der Waals surface area contributed by atoms with Gasteiger partial charge in [-0.05, 0) is 49.8 Å². The molecule has 1 aromatic heterocycles. The van der Waals surface area contributed by atoms with Gasteiger partial charge in [0.25, 0.3) is 5.56 Å². The molecular weight excluding hydrogens is 576 g/mol. The van der Waals surface area contributed by atoms with E-state index in [1.807, 2.05) is 6.07 Å². The Morgan fingerprint density at radius 1 is 1.05 bits per heavy atom. The van der Waals surface area contributed by atoms with Gasteiger partial charge >= 0.3 is 5.97 Å². The van der Waals surface area contributed by atoms with Crippen LogP contribution >= 0.6 is 27.3 Å². The van der Waals surface area contributed by atoms with Crippen molar-refractivity contribution in [3.8, 4) is 23.0 Å². The molecule has 1 aliphatic heterocycles. The Kier molecular flexibility index (Phi) is 8.27. The van der Waals surface area contributed by atoms with E-state index < -0.39 is 12.0 Å². The summed E-state index contributed by atoms with van der Waals surface area (Å²) in [5.74, 6) is 1.59. The Hall–Kier alpha value is -3.57. The van der Waals surface area contributed by atoms with Crippen LogP contribution in [0, 0.1) is 0 Å². The second-order valence-corrected chi connectivity index (χ2v) is 10.0. The average Bonchev–Trinajstić information content (AvgIpc) is 3.22. The molecule has 0 unspecified atom stereocenters. The number of benzene rings is 2. The maximum Gasteiger partial charge on any atom is 0.338 e. The molecule has 0 aliphatic carbocycles. The van der Waals surface area contributed by atoms with Crippen molar-refractivity contribution in [2.75, 3.05) is 35.0 Å². The largest absolute Gasteiger partial charge is 0.497 e. The number of thiazole rings is 1. The minimum Gasteiger partial charge on any atom is -0.497 e. The van der Waals surface area contributed by atoms with E-state index in [1.54, 1.807) is 58.4 Å². The highest BCUT2D eigenvalue weighted by molar-refractivity contribution is 9.10. The molecule has 0 bridgehead atoms. The minimum atomic E-state index is -0.820.